The summed E-state index contributed by atoms with van der Waals surface area (Å²) in [5.41, 5.74) is 4.81. The van der Waals surface area contributed by atoms with Crippen molar-refractivity contribution in [2.24, 2.45) is 0 Å². The Morgan fingerprint density at radius 3 is 2.70 bits per heavy atom. The van der Waals surface area contributed by atoms with E-state index in [2.05, 4.69) is 16.0 Å². The summed E-state index contributed by atoms with van der Waals surface area (Å²) in [6.07, 6.45) is 6.04. The van der Waals surface area contributed by atoms with Crippen molar-refractivity contribution in [3.8, 4) is 16.9 Å². The van der Waals surface area contributed by atoms with Gasteiger partial charge in [0.1, 0.15) is 11.4 Å². The Morgan fingerprint density at radius 2 is 1.93 bits per heavy atom. The fourth-order valence-corrected chi connectivity index (χ4v) is 4.66. The molecule has 0 aliphatic carbocycles. The van der Waals surface area contributed by atoms with Gasteiger partial charge in [0, 0.05) is 60.6 Å². The lowest BCUT2D eigenvalue weighted by Gasteiger charge is -2.20. The molecule has 0 unspecified atom stereocenters. The van der Waals surface area contributed by atoms with Crippen LogP contribution in [0.1, 0.15) is 47.7 Å². The van der Waals surface area contributed by atoms with Crippen LogP contribution >= 0.6 is 0 Å². The van der Waals surface area contributed by atoms with Crippen LogP contribution in [0, 0.1) is 0 Å². The number of methoxy groups -OCH3 is 1. The maximum atomic E-state index is 12.8. The molecular weight excluding hydrogens is 378 g/mol. The maximum absolute atomic E-state index is 12.8. The van der Waals surface area contributed by atoms with Gasteiger partial charge >= 0.3 is 0 Å². The average molecular weight is 405 g/mol. The lowest BCUT2D eigenvalue weighted by molar-refractivity contribution is 0.0792. The zero-order chi connectivity index (χ0) is 20.5. The fraction of sp³-hybridized carbons (Fsp3) is 0.417. The van der Waals surface area contributed by atoms with Crippen molar-refractivity contribution in [2.75, 3.05) is 33.4 Å². The molecule has 1 amide bonds. The van der Waals surface area contributed by atoms with Crippen molar-refractivity contribution in [1.29, 1.82) is 0 Å². The van der Waals surface area contributed by atoms with Crippen LogP contribution in [0.3, 0.4) is 0 Å². The Bertz CT molecular complexity index is 1060. The van der Waals surface area contributed by atoms with Gasteiger partial charge in [-0.25, -0.2) is 4.98 Å². The van der Waals surface area contributed by atoms with Gasteiger partial charge in [0.2, 0.25) is 0 Å². The van der Waals surface area contributed by atoms with E-state index in [0.717, 1.165) is 74.1 Å². The highest BCUT2D eigenvalue weighted by molar-refractivity contribution is 5.98. The van der Waals surface area contributed by atoms with Crippen LogP contribution in [-0.4, -0.2) is 54.2 Å². The van der Waals surface area contributed by atoms with Gasteiger partial charge in [-0.3, -0.25) is 4.79 Å². The van der Waals surface area contributed by atoms with E-state index in [1.807, 2.05) is 35.4 Å². The van der Waals surface area contributed by atoms with Crippen molar-refractivity contribution in [1.82, 2.24) is 14.9 Å². The number of aromatic amines is 1. The van der Waals surface area contributed by atoms with E-state index < -0.39 is 0 Å². The second-order valence-corrected chi connectivity index (χ2v) is 8.15. The summed E-state index contributed by atoms with van der Waals surface area (Å²) in [6.45, 7) is 3.29. The second-order valence-electron chi connectivity index (χ2n) is 8.15. The van der Waals surface area contributed by atoms with E-state index in [-0.39, 0.29) is 5.91 Å². The van der Waals surface area contributed by atoms with Crippen LogP contribution in [0.15, 0.2) is 36.5 Å². The number of amides is 1. The Hall–Kier alpha value is -2.86. The van der Waals surface area contributed by atoms with Crippen LogP contribution in [0.5, 0.6) is 5.75 Å². The number of pyridine rings is 1. The van der Waals surface area contributed by atoms with Crippen LogP contribution in [0.4, 0.5) is 0 Å². The molecule has 0 atom stereocenters. The summed E-state index contributed by atoms with van der Waals surface area (Å²) in [7, 11) is 1.66. The smallest absolute Gasteiger partial charge is 0.253 e. The molecule has 2 aliphatic heterocycles. The minimum atomic E-state index is 0.0840. The molecule has 30 heavy (non-hydrogen) atoms. The molecule has 1 aromatic carbocycles. The van der Waals surface area contributed by atoms with Crippen molar-refractivity contribution in [3.63, 3.8) is 0 Å². The van der Waals surface area contributed by atoms with Gasteiger partial charge in [-0.05, 0) is 61.6 Å². The summed E-state index contributed by atoms with van der Waals surface area (Å²) in [4.78, 5) is 22.8. The molecular formula is C24H27N3O3. The number of carbonyl (C=O) groups excluding carboxylic acids is 1. The van der Waals surface area contributed by atoms with Crippen molar-refractivity contribution >= 4 is 16.9 Å². The first-order valence-electron chi connectivity index (χ1n) is 10.8. The van der Waals surface area contributed by atoms with E-state index in [1.54, 1.807) is 7.11 Å². The third kappa shape index (κ3) is 3.45. The molecule has 4 heterocycles. The van der Waals surface area contributed by atoms with Crippen LogP contribution in [-0.2, 0) is 4.74 Å². The zero-order valence-corrected chi connectivity index (χ0v) is 17.3. The topological polar surface area (TPSA) is 67.5 Å². The summed E-state index contributed by atoms with van der Waals surface area (Å²) >= 11 is 0. The number of hydrogen-bond donors (Lipinski definition) is 1. The number of rotatable bonds is 4. The van der Waals surface area contributed by atoms with Gasteiger partial charge in [0.15, 0.2) is 0 Å². The first kappa shape index (κ1) is 19.1. The summed E-state index contributed by atoms with van der Waals surface area (Å²) in [5.74, 6) is 1.27. The number of H-pyrrole nitrogens is 1. The maximum Gasteiger partial charge on any atom is 0.253 e. The standard InChI is InChI=1S/C24H27N3O3/c1-29-22-14-17(24(28)27-10-2-3-11-27)4-5-19(22)18-6-9-25-23-20(18)15-21(26-23)16-7-12-30-13-8-16/h4-6,9,14-16H,2-3,7-8,10-13H2,1H3,(H,25,26). The number of nitrogens with one attached hydrogen (secondary N) is 1. The molecule has 1 N–H and O–H groups in total. The Kier molecular flexibility index (Phi) is 5.17. The molecule has 2 aliphatic rings. The highest BCUT2D eigenvalue weighted by Gasteiger charge is 2.22. The minimum Gasteiger partial charge on any atom is -0.496 e. The number of aromatic nitrogens is 2. The third-order valence-electron chi connectivity index (χ3n) is 6.35. The Balaban J connectivity index is 1.52. The number of likely N-dealkylation sites (tertiary alicyclic amines) is 1. The third-order valence-corrected chi connectivity index (χ3v) is 6.35. The normalized spacial score (nSPS) is 17.6. The molecule has 156 valence electrons. The highest BCUT2D eigenvalue weighted by Crippen LogP contribution is 2.37. The molecule has 0 saturated carbocycles. The molecule has 0 bridgehead atoms. The molecule has 2 saturated heterocycles. The molecule has 0 radical (unpaired) electrons. The monoisotopic (exact) mass is 405 g/mol. The number of ether oxygens (including phenoxy) is 2. The SMILES string of the molecule is COc1cc(C(=O)N2CCCC2)ccc1-c1ccnc2[nH]c(C3CCOCC3)cc12. The van der Waals surface area contributed by atoms with Gasteiger partial charge in [0.25, 0.3) is 5.91 Å². The van der Waals surface area contributed by atoms with Crippen molar-refractivity contribution < 1.29 is 14.3 Å². The summed E-state index contributed by atoms with van der Waals surface area (Å²) in [5, 5.41) is 1.08. The number of hydrogen-bond acceptors (Lipinski definition) is 4. The van der Waals surface area contributed by atoms with E-state index in [1.165, 1.54) is 5.69 Å². The molecule has 5 rings (SSSR count). The van der Waals surface area contributed by atoms with E-state index in [9.17, 15) is 4.79 Å². The molecule has 6 nitrogen and oxygen atoms in total. The number of benzene rings is 1. The highest BCUT2D eigenvalue weighted by atomic mass is 16.5. The molecule has 0 spiro atoms. The first-order chi connectivity index (χ1) is 14.7. The molecule has 6 heteroatoms. The zero-order valence-electron chi connectivity index (χ0n) is 17.3. The van der Waals surface area contributed by atoms with Gasteiger partial charge in [0.05, 0.1) is 7.11 Å². The van der Waals surface area contributed by atoms with Crippen molar-refractivity contribution in [2.45, 2.75) is 31.6 Å². The van der Waals surface area contributed by atoms with Crippen LogP contribution in [0.25, 0.3) is 22.2 Å². The quantitative estimate of drug-likeness (QED) is 0.700. The second kappa shape index (κ2) is 8.11. The van der Waals surface area contributed by atoms with Gasteiger partial charge < -0.3 is 19.4 Å². The lowest BCUT2D eigenvalue weighted by atomic mass is 9.95. The molecule has 2 fully saturated rings. The predicted octanol–water partition coefficient (Wildman–Crippen LogP) is 4.37. The first-order valence-corrected chi connectivity index (χ1v) is 10.8. The van der Waals surface area contributed by atoms with Crippen LogP contribution in [0.2, 0.25) is 0 Å². The molecule has 3 aromatic rings. The minimum absolute atomic E-state index is 0.0840. The number of fused-ring (bicyclic) bond motifs is 1. The van der Waals surface area contributed by atoms with Gasteiger partial charge in [-0.1, -0.05) is 0 Å². The largest absolute Gasteiger partial charge is 0.496 e. The van der Waals surface area contributed by atoms with E-state index >= 15 is 0 Å². The number of carbonyl (C=O) groups is 1. The van der Waals surface area contributed by atoms with E-state index in [4.69, 9.17) is 9.47 Å². The fourth-order valence-electron chi connectivity index (χ4n) is 4.66. The Morgan fingerprint density at radius 1 is 1.13 bits per heavy atom. The van der Waals surface area contributed by atoms with Crippen molar-refractivity contribution in [3.05, 3.63) is 47.8 Å². The van der Waals surface area contributed by atoms with E-state index in [0.29, 0.717) is 17.2 Å². The Labute approximate surface area is 176 Å². The van der Waals surface area contributed by atoms with Crippen LogP contribution < -0.4 is 4.74 Å². The lowest BCUT2D eigenvalue weighted by Crippen LogP contribution is -2.27. The molecule has 2 aromatic heterocycles. The summed E-state index contributed by atoms with van der Waals surface area (Å²) < 4.78 is 11.2. The number of nitrogens with zero attached hydrogens (tertiary/aromatic N) is 2. The van der Waals surface area contributed by atoms with Gasteiger partial charge in [-0.15, -0.1) is 0 Å². The summed E-state index contributed by atoms with van der Waals surface area (Å²) in [6, 6.07) is 10.0. The average Bonchev–Trinajstić information content (AvgIpc) is 3.49. The predicted molar refractivity (Wildman–Crippen MR) is 116 cm³/mol. The van der Waals surface area contributed by atoms with Gasteiger partial charge in [-0.2, -0.15) is 0 Å².